The van der Waals surface area contributed by atoms with Gasteiger partial charge in [0.25, 0.3) is 0 Å². The zero-order valence-electron chi connectivity index (χ0n) is 12.5. The number of ether oxygens (including phenoxy) is 1. The number of nitrogens with one attached hydrogen (secondary N) is 1. The Bertz CT molecular complexity index is 610. The second kappa shape index (κ2) is 6.14. The smallest absolute Gasteiger partial charge is 0.137 e. The van der Waals surface area contributed by atoms with E-state index in [9.17, 15) is 0 Å². The molecule has 1 aromatic heterocycles. The summed E-state index contributed by atoms with van der Waals surface area (Å²) in [5, 5.41) is 3.55. The van der Waals surface area contributed by atoms with Gasteiger partial charge in [0.1, 0.15) is 11.6 Å². The second-order valence-electron chi connectivity index (χ2n) is 5.40. The average molecular weight is 283 g/mol. The van der Waals surface area contributed by atoms with E-state index in [1.165, 1.54) is 18.4 Å². The van der Waals surface area contributed by atoms with Crippen LogP contribution in [0.3, 0.4) is 0 Å². The number of rotatable bonds is 6. The molecule has 0 spiro atoms. The Morgan fingerprint density at radius 1 is 1.29 bits per heavy atom. The third-order valence-electron chi connectivity index (χ3n) is 3.78. The summed E-state index contributed by atoms with van der Waals surface area (Å²) in [6.45, 7) is 0.863. The molecule has 0 saturated heterocycles. The molecule has 0 unspecified atom stereocenters. The quantitative estimate of drug-likeness (QED) is 0.884. The molecule has 1 heterocycles. The number of aromatic nitrogens is 1. The molecular formula is C17H21N3O. The van der Waals surface area contributed by atoms with Gasteiger partial charge < -0.3 is 15.0 Å². The van der Waals surface area contributed by atoms with Gasteiger partial charge in [0.15, 0.2) is 0 Å². The molecule has 0 bridgehead atoms. The van der Waals surface area contributed by atoms with Crippen molar-refractivity contribution in [2.45, 2.75) is 25.4 Å². The fraction of sp³-hybridized carbons (Fsp3) is 0.353. The number of methoxy groups -OCH3 is 1. The highest BCUT2D eigenvalue weighted by Gasteiger charge is 2.21. The van der Waals surface area contributed by atoms with Gasteiger partial charge in [0, 0.05) is 43.1 Å². The molecule has 1 aliphatic carbocycles. The first kappa shape index (κ1) is 13.9. The maximum absolute atomic E-state index is 5.30. The Hall–Kier alpha value is -2.07. The molecule has 1 fully saturated rings. The van der Waals surface area contributed by atoms with Crippen molar-refractivity contribution in [1.29, 1.82) is 0 Å². The minimum absolute atomic E-state index is 0.695. The maximum atomic E-state index is 5.30. The van der Waals surface area contributed by atoms with Gasteiger partial charge in [-0.05, 0) is 31.0 Å². The van der Waals surface area contributed by atoms with Crippen molar-refractivity contribution in [3.63, 3.8) is 0 Å². The van der Waals surface area contributed by atoms with Crippen LogP contribution >= 0.6 is 0 Å². The van der Waals surface area contributed by atoms with E-state index in [2.05, 4.69) is 27.3 Å². The molecule has 4 nitrogen and oxygen atoms in total. The van der Waals surface area contributed by atoms with Crippen LogP contribution in [-0.2, 0) is 6.54 Å². The van der Waals surface area contributed by atoms with E-state index in [0.29, 0.717) is 6.04 Å². The van der Waals surface area contributed by atoms with Crippen LogP contribution in [0.4, 0.5) is 11.5 Å². The van der Waals surface area contributed by atoms with Crippen LogP contribution in [0, 0.1) is 0 Å². The summed E-state index contributed by atoms with van der Waals surface area (Å²) >= 11 is 0. The monoisotopic (exact) mass is 283 g/mol. The van der Waals surface area contributed by atoms with Crippen LogP contribution in [-0.4, -0.2) is 25.2 Å². The molecule has 0 atom stereocenters. The second-order valence-corrected chi connectivity index (χ2v) is 5.40. The lowest BCUT2D eigenvalue weighted by Gasteiger charge is -2.22. The zero-order chi connectivity index (χ0) is 14.7. The lowest BCUT2D eigenvalue weighted by atomic mass is 10.2. The SMILES string of the molecule is COc1cccc(N(C)c2ncccc2CNC2CC2)c1. The van der Waals surface area contributed by atoms with Crippen molar-refractivity contribution >= 4 is 11.5 Å². The van der Waals surface area contributed by atoms with Crippen LogP contribution in [0.15, 0.2) is 42.6 Å². The van der Waals surface area contributed by atoms with Gasteiger partial charge >= 0.3 is 0 Å². The van der Waals surface area contributed by atoms with Crippen LogP contribution in [0.25, 0.3) is 0 Å². The molecule has 1 aliphatic rings. The van der Waals surface area contributed by atoms with Crippen molar-refractivity contribution in [2.24, 2.45) is 0 Å². The summed E-state index contributed by atoms with van der Waals surface area (Å²) in [6.07, 6.45) is 4.43. The van der Waals surface area contributed by atoms with E-state index < -0.39 is 0 Å². The van der Waals surface area contributed by atoms with Gasteiger partial charge in [-0.1, -0.05) is 12.1 Å². The highest BCUT2D eigenvalue weighted by Crippen LogP contribution is 2.28. The summed E-state index contributed by atoms with van der Waals surface area (Å²) in [4.78, 5) is 6.66. The first-order chi connectivity index (χ1) is 10.3. The summed E-state index contributed by atoms with van der Waals surface area (Å²) in [7, 11) is 3.72. The molecule has 4 heteroatoms. The maximum Gasteiger partial charge on any atom is 0.137 e. The van der Waals surface area contributed by atoms with E-state index >= 15 is 0 Å². The summed E-state index contributed by atoms with van der Waals surface area (Å²) in [5.41, 5.74) is 2.29. The Morgan fingerprint density at radius 3 is 2.90 bits per heavy atom. The Morgan fingerprint density at radius 2 is 2.14 bits per heavy atom. The number of pyridine rings is 1. The molecule has 1 aromatic carbocycles. The van der Waals surface area contributed by atoms with Gasteiger partial charge in [-0.2, -0.15) is 0 Å². The van der Waals surface area contributed by atoms with E-state index in [1.54, 1.807) is 7.11 Å². The summed E-state index contributed by atoms with van der Waals surface area (Å²) < 4.78 is 5.30. The number of anilines is 2. The number of hydrogen-bond donors (Lipinski definition) is 1. The highest BCUT2D eigenvalue weighted by molar-refractivity contribution is 5.63. The van der Waals surface area contributed by atoms with E-state index in [1.807, 2.05) is 37.5 Å². The molecule has 0 aliphatic heterocycles. The molecule has 0 radical (unpaired) electrons. The van der Waals surface area contributed by atoms with Crippen LogP contribution in [0.2, 0.25) is 0 Å². The van der Waals surface area contributed by atoms with E-state index in [-0.39, 0.29) is 0 Å². The number of hydrogen-bond acceptors (Lipinski definition) is 4. The van der Waals surface area contributed by atoms with Crippen molar-refractivity contribution in [1.82, 2.24) is 10.3 Å². The Labute approximate surface area is 125 Å². The lowest BCUT2D eigenvalue weighted by Crippen LogP contribution is -2.19. The van der Waals surface area contributed by atoms with Crippen LogP contribution in [0.5, 0.6) is 5.75 Å². The van der Waals surface area contributed by atoms with E-state index in [4.69, 9.17) is 4.74 Å². The fourth-order valence-corrected chi connectivity index (χ4v) is 2.35. The largest absolute Gasteiger partial charge is 0.497 e. The van der Waals surface area contributed by atoms with Crippen molar-refractivity contribution in [3.05, 3.63) is 48.2 Å². The van der Waals surface area contributed by atoms with Crippen molar-refractivity contribution < 1.29 is 4.74 Å². The molecule has 1 N–H and O–H groups in total. The Balaban J connectivity index is 1.83. The third-order valence-corrected chi connectivity index (χ3v) is 3.78. The summed E-state index contributed by atoms with van der Waals surface area (Å²) in [6, 6.07) is 12.9. The van der Waals surface area contributed by atoms with Crippen LogP contribution in [0.1, 0.15) is 18.4 Å². The summed E-state index contributed by atoms with van der Waals surface area (Å²) in [5.74, 6) is 1.84. The number of nitrogens with zero attached hydrogens (tertiary/aromatic N) is 2. The number of benzene rings is 1. The molecular weight excluding hydrogens is 262 g/mol. The molecule has 0 amide bonds. The van der Waals surface area contributed by atoms with Gasteiger partial charge in [-0.15, -0.1) is 0 Å². The predicted octanol–water partition coefficient (Wildman–Crippen LogP) is 3.11. The highest BCUT2D eigenvalue weighted by atomic mass is 16.5. The molecule has 3 rings (SSSR count). The first-order valence-corrected chi connectivity index (χ1v) is 7.33. The minimum atomic E-state index is 0.695. The Kier molecular flexibility index (Phi) is 4.06. The van der Waals surface area contributed by atoms with Gasteiger partial charge in [-0.3, -0.25) is 0 Å². The van der Waals surface area contributed by atoms with Crippen LogP contribution < -0.4 is 15.0 Å². The zero-order valence-corrected chi connectivity index (χ0v) is 12.5. The molecule has 110 valence electrons. The van der Waals surface area contributed by atoms with Gasteiger partial charge in [-0.25, -0.2) is 4.98 Å². The third kappa shape index (κ3) is 3.34. The van der Waals surface area contributed by atoms with Crippen molar-refractivity contribution in [2.75, 3.05) is 19.1 Å². The lowest BCUT2D eigenvalue weighted by molar-refractivity contribution is 0.415. The first-order valence-electron chi connectivity index (χ1n) is 7.33. The average Bonchev–Trinajstić information content (AvgIpc) is 3.37. The van der Waals surface area contributed by atoms with Gasteiger partial charge in [0.05, 0.1) is 7.11 Å². The van der Waals surface area contributed by atoms with Gasteiger partial charge in [0.2, 0.25) is 0 Å². The molecule has 1 saturated carbocycles. The standard InChI is InChI=1S/C17H21N3O/c1-20(15-6-3-7-16(11-15)21-2)17-13(5-4-10-18-17)12-19-14-8-9-14/h3-7,10-11,14,19H,8-9,12H2,1-2H3. The topological polar surface area (TPSA) is 37.4 Å². The minimum Gasteiger partial charge on any atom is -0.497 e. The molecule has 21 heavy (non-hydrogen) atoms. The normalized spacial score (nSPS) is 14.0. The van der Waals surface area contributed by atoms with E-state index in [0.717, 1.165) is 23.8 Å². The van der Waals surface area contributed by atoms with Crippen molar-refractivity contribution in [3.8, 4) is 5.75 Å². The predicted molar refractivity (Wildman–Crippen MR) is 85.2 cm³/mol. The molecule has 2 aromatic rings. The fourth-order valence-electron chi connectivity index (χ4n) is 2.35.